The number of rotatable bonds is 4. The molecule has 0 saturated carbocycles. The van der Waals surface area contributed by atoms with Gasteiger partial charge in [0.15, 0.2) is 0 Å². The third-order valence-corrected chi connectivity index (χ3v) is 6.49. The fourth-order valence-electron chi connectivity index (χ4n) is 4.94. The number of benzene rings is 2. The van der Waals surface area contributed by atoms with Crippen molar-refractivity contribution in [3.63, 3.8) is 0 Å². The Kier molecular flexibility index (Phi) is 6.19. The van der Waals surface area contributed by atoms with Gasteiger partial charge in [-0.15, -0.1) is 0 Å². The number of hydrogen-bond acceptors (Lipinski definition) is 3. The van der Waals surface area contributed by atoms with E-state index in [9.17, 15) is 4.79 Å². The quantitative estimate of drug-likeness (QED) is 0.758. The zero-order chi connectivity index (χ0) is 20.2. The summed E-state index contributed by atoms with van der Waals surface area (Å²) in [6, 6.07) is 17.2. The predicted octanol–water partition coefficient (Wildman–Crippen LogP) is 4.66. The Morgan fingerprint density at radius 2 is 1.79 bits per heavy atom. The molecule has 0 aromatic heterocycles. The van der Waals surface area contributed by atoms with Crippen molar-refractivity contribution >= 4 is 5.91 Å². The molecule has 2 aromatic carbocycles. The zero-order valence-corrected chi connectivity index (χ0v) is 17.6. The van der Waals surface area contributed by atoms with E-state index in [0.29, 0.717) is 12.1 Å². The Bertz CT molecular complexity index is 833. The molecule has 4 nitrogen and oxygen atoms in total. The van der Waals surface area contributed by atoms with Crippen LogP contribution in [-0.2, 0) is 6.54 Å². The molecular formula is C25H32N2O2. The summed E-state index contributed by atoms with van der Waals surface area (Å²) in [5, 5.41) is 0. The summed E-state index contributed by atoms with van der Waals surface area (Å²) in [6.07, 6.45) is 5.75. The number of aryl methyl sites for hydroxylation is 1. The van der Waals surface area contributed by atoms with Crippen LogP contribution in [0.15, 0.2) is 48.5 Å². The van der Waals surface area contributed by atoms with Gasteiger partial charge >= 0.3 is 0 Å². The monoisotopic (exact) mass is 392 g/mol. The van der Waals surface area contributed by atoms with Crippen molar-refractivity contribution in [3.05, 3.63) is 65.2 Å². The van der Waals surface area contributed by atoms with E-state index in [1.54, 1.807) is 7.11 Å². The van der Waals surface area contributed by atoms with Crippen LogP contribution in [0.2, 0.25) is 0 Å². The Hall–Kier alpha value is -2.33. The van der Waals surface area contributed by atoms with Gasteiger partial charge in [0.2, 0.25) is 0 Å². The Balaban J connectivity index is 1.55. The molecule has 2 aromatic rings. The first-order valence-electron chi connectivity index (χ1n) is 10.9. The highest BCUT2D eigenvalue weighted by Crippen LogP contribution is 2.32. The number of carbonyl (C=O) groups is 1. The number of methoxy groups -OCH3 is 1. The van der Waals surface area contributed by atoms with Gasteiger partial charge in [0, 0.05) is 30.7 Å². The smallest absolute Gasteiger partial charge is 0.254 e. The van der Waals surface area contributed by atoms with Gasteiger partial charge in [0.25, 0.3) is 5.91 Å². The minimum atomic E-state index is 0.149. The molecule has 29 heavy (non-hydrogen) atoms. The average molecular weight is 393 g/mol. The lowest BCUT2D eigenvalue weighted by molar-refractivity contribution is 0.0318. The summed E-state index contributed by atoms with van der Waals surface area (Å²) in [5.74, 6) is 0.891. The topological polar surface area (TPSA) is 32.8 Å². The summed E-state index contributed by atoms with van der Waals surface area (Å²) in [6.45, 7) is 5.09. The fraction of sp³-hybridized carbons (Fsp3) is 0.480. The van der Waals surface area contributed by atoms with Gasteiger partial charge in [0.1, 0.15) is 5.75 Å². The van der Waals surface area contributed by atoms with Crippen molar-refractivity contribution in [2.75, 3.05) is 20.2 Å². The first-order chi connectivity index (χ1) is 14.2. The lowest BCUT2D eigenvalue weighted by Gasteiger charge is -2.45. The second-order valence-electron chi connectivity index (χ2n) is 8.46. The molecule has 0 radical (unpaired) electrons. The van der Waals surface area contributed by atoms with Crippen LogP contribution < -0.4 is 4.74 Å². The Labute approximate surface area is 174 Å². The van der Waals surface area contributed by atoms with E-state index < -0.39 is 0 Å². The van der Waals surface area contributed by atoms with Gasteiger partial charge in [-0.3, -0.25) is 9.69 Å². The molecule has 2 aliphatic heterocycles. The summed E-state index contributed by atoms with van der Waals surface area (Å²) < 4.78 is 5.33. The van der Waals surface area contributed by atoms with E-state index in [2.05, 4.69) is 41.0 Å². The molecular weight excluding hydrogens is 360 g/mol. The van der Waals surface area contributed by atoms with E-state index >= 15 is 0 Å². The van der Waals surface area contributed by atoms with E-state index in [-0.39, 0.29) is 5.91 Å². The number of ether oxygens (including phenoxy) is 1. The molecule has 0 spiro atoms. The van der Waals surface area contributed by atoms with Crippen LogP contribution in [0.1, 0.15) is 53.6 Å². The molecule has 2 fully saturated rings. The van der Waals surface area contributed by atoms with E-state index in [1.165, 1.54) is 30.4 Å². The zero-order valence-electron chi connectivity index (χ0n) is 17.6. The second-order valence-corrected chi connectivity index (χ2v) is 8.46. The first-order valence-corrected chi connectivity index (χ1v) is 10.9. The van der Waals surface area contributed by atoms with E-state index in [0.717, 1.165) is 43.8 Å². The molecule has 154 valence electrons. The molecule has 0 aliphatic carbocycles. The van der Waals surface area contributed by atoms with E-state index in [1.807, 2.05) is 24.3 Å². The maximum absolute atomic E-state index is 13.4. The molecule has 2 heterocycles. The molecule has 2 saturated heterocycles. The Morgan fingerprint density at radius 1 is 1.00 bits per heavy atom. The third-order valence-electron chi connectivity index (χ3n) is 6.49. The third kappa shape index (κ3) is 4.48. The number of nitrogens with zero attached hydrogens (tertiary/aromatic N) is 2. The van der Waals surface area contributed by atoms with Crippen LogP contribution in [0.4, 0.5) is 0 Å². The number of piperidine rings is 1. The second kappa shape index (κ2) is 9.00. The first kappa shape index (κ1) is 20.0. The van der Waals surface area contributed by atoms with Crippen LogP contribution in [0.25, 0.3) is 0 Å². The number of likely N-dealkylation sites (tertiary alicyclic amines) is 2. The minimum Gasteiger partial charge on any atom is -0.497 e. The van der Waals surface area contributed by atoms with Gasteiger partial charge in [0.05, 0.1) is 7.11 Å². The van der Waals surface area contributed by atoms with Gasteiger partial charge in [-0.25, -0.2) is 0 Å². The van der Waals surface area contributed by atoms with Crippen molar-refractivity contribution in [3.8, 4) is 5.75 Å². The van der Waals surface area contributed by atoms with Gasteiger partial charge in [-0.2, -0.15) is 0 Å². The van der Waals surface area contributed by atoms with E-state index in [4.69, 9.17) is 4.74 Å². The SMILES string of the molecule is COc1cccc(C(=O)N2CCC[C@@H]3[C@H]2CCCCN3Cc2ccc(C)cc2)c1. The highest BCUT2D eigenvalue weighted by molar-refractivity contribution is 5.95. The van der Waals surface area contributed by atoms with Crippen molar-refractivity contribution in [1.29, 1.82) is 0 Å². The number of amides is 1. The predicted molar refractivity (Wildman–Crippen MR) is 116 cm³/mol. The summed E-state index contributed by atoms with van der Waals surface area (Å²) in [4.78, 5) is 18.2. The van der Waals surface area contributed by atoms with Crippen LogP contribution in [-0.4, -0.2) is 48.0 Å². The summed E-state index contributed by atoms with van der Waals surface area (Å²) >= 11 is 0. The summed E-state index contributed by atoms with van der Waals surface area (Å²) in [7, 11) is 1.65. The van der Waals surface area contributed by atoms with Crippen molar-refractivity contribution < 1.29 is 9.53 Å². The molecule has 0 bridgehead atoms. The van der Waals surface area contributed by atoms with Crippen molar-refractivity contribution in [2.24, 2.45) is 0 Å². The molecule has 0 unspecified atom stereocenters. The van der Waals surface area contributed by atoms with Gasteiger partial charge in [-0.1, -0.05) is 42.3 Å². The number of carbonyl (C=O) groups excluding carboxylic acids is 1. The van der Waals surface area contributed by atoms with Crippen molar-refractivity contribution in [2.45, 2.75) is 57.7 Å². The highest BCUT2D eigenvalue weighted by Gasteiger charge is 2.38. The largest absolute Gasteiger partial charge is 0.497 e. The number of hydrogen-bond donors (Lipinski definition) is 0. The molecule has 2 atom stereocenters. The Morgan fingerprint density at radius 3 is 2.59 bits per heavy atom. The summed E-state index contributed by atoms with van der Waals surface area (Å²) in [5.41, 5.74) is 3.40. The van der Waals surface area contributed by atoms with Crippen LogP contribution in [0.5, 0.6) is 5.75 Å². The molecule has 4 rings (SSSR count). The van der Waals surface area contributed by atoms with Crippen LogP contribution >= 0.6 is 0 Å². The lowest BCUT2D eigenvalue weighted by Crippen LogP contribution is -2.56. The normalized spacial score (nSPS) is 22.6. The molecule has 4 heteroatoms. The fourth-order valence-corrected chi connectivity index (χ4v) is 4.94. The molecule has 1 amide bonds. The minimum absolute atomic E-state index is 0.149. The standard InChI is InChI=1S/C25H32N2O2/c1-19-11-13-20(14-12-19)18-26-15-4-3-9-24-23(26)10-6-16-27(24)25(28)21-7-5-8-22(17-21)29-2/h5,7-8,11-14,17,23-24H,3-4,6,9-10,15-16,18H2,1-2H3/t23-,24-/m1/s1. The maximum Gasteiger partial charge on any atom is 0.254 e. The van der Waals surface area contributed by atoms with Gasteiger partial charge in [-0.05, 0) is 62.9 Å². The average Bonchev–Trinajstić information content (AvgIpc) is 2.97. The van der Waals surface area contributed by atoms with Crippen molar-refractivity contribution in [1.82, 2.24) is 9.80 Å². The molecule has 0 N–H and O–H groups in total. The number of fused-ring (bicyclic) bond motifs is 1. The molecule has 2 aliphatic rings. The van der Waals surface area contributed by atoms with Crippen LogP contribution in [0.3, 0.4) is 0 Å². The lowest BCUT2D eigenvalue weighted by atomic mass is 9.91. The maximum atomic E-state index is 13.4. The van der Waals surface area contributed by atoms with Crippen LogP contribution in [0, 0.1) is 6.92 Å². The highest BCUT2D eigenvalue weighted by atomic mass is 16.5. The van der Waals surface area contributed by atoms with Gasteiger partial charge < -0.3 is 9.64 Å².